The van der Waals surface area contributed by atoms with Gasteiger partial charge in [0.15, 0.2) is 0 Å². The smallest absolute Gasteiger partial charge is 0.335 e. The van der Waals surface area contributed by atoms with Gasteiger partial charge in [-0.15, -0.1) is 0 Å². The Morgan fingerprint density at radius 2 is 0.812 bits per heavy atom. The van der Waals surface area contributed by atoms with E-state index in [0.717, 1.165) is 73.4 Å². The molecule has 0 bridgehead atoms. The first kappa shape index (κ1) is 31.8. The Morgan fingerprint density at radius 3 is 1.15 bits per heavy atom. The number of nitrogens with zero attached hydrogens (tertiary/aromatic N) is 1. The maximum Gasteiger partial charge on any atom is 0.335 e. The molecule has 240 valence electrons. The van der Waals surface area contributed by atoms with Gasteiger partial charge in [-0.25, -0.2) is 4.79 Å². The second kappa shape index (κ2) is 14.1. The van der Waals surface area contributed by atoms with Gasteiger partial charge in [-0.05, 0) is 95.1 Å². The molecule has 1 N–H and O–H groups in total. The summed E-state index contributed by atoms with van der Waals surface area (Å²) in [6, 6.07) is 43.5. The van der Waals surface area contributed by atoms with E-state index in [4.69, 9.17) is 18.9 Å². The number of anilines is 3. The second-order valence-corrected chi connectivity index (χ2v) is 11.0. The Bertz CT molecular complexity index is 1920. The molecule has 0 saturated heterocycles. The van der Waals surface area contributed by atoms with Gasteiger partial charge in [-0.3, -0.25) is 0 Å². The van der Waals surface area contributed by atoms with Gasteiger partial charge in [0.05, 0.1) is 34.0 Å². The SMILES string of the molecule is COc1ccc(-c2ccc(N(c3ccc(-c4ccc(C(=O)O)cc4)cc3)c3ccc(-c4ccc(OC)cc4OC)cc3)cc2)c(OC)c1. The van der Waals surface area contributed by atoms with Crippen molar-refractivity contribution < 1.29 is 28.8 Å². The third-order valence-electron chi connectivity index (χ3n) is 8.28. The Balaban J connectivity index is 1.38. The number of hydrogen-bond acceptors (Lipinski definition) is 6. The van der Waals surface area contributed by atoms with Crippen LogP contribution in [0.4, 0.5) is 17.1 Å². The molecule has 0 radical (unpaired) electrons. The molecule has 0 saturated carbocycles. The van der Waals surface area contributed by atoms with Crippen LogP contribution in [0.3, 0.4) is 0 Å². The Hall–Kier alpha value is -6.21. The highest BCUT2D eigenvalue weighted by molar-refractivity contribution is 5.88. The van der Waals surface area contributed by atoms with E-state index in [0.29, 0.717) is 0 Å². The van der Waals surface area contributed by atoms with Gasteiger partial charge in [-0.2, -0.15) is 0 Å². The lowest BCUT2D eigenvalue weighted by molar-refractivity contribution is 0.0697. The number of aromatic carboxylic acids is 1. The maximum atomic E-state index is 11.3. The van der Waals surface area contributed by atoms with Crippen LogP contribution in [0.1, 0.15) is 10.4 Å². The number of carboxylic acid groups (broad SMARTS) is 1. The largest absolute Gasteiger partial charge is 0.497 e. The number of benzene rings is 6. The van der Waals surface area contributed by atoms with Crippen LogP contribution >= 0.6 is 0 Å². The zero-order valence-corrected chi connectivity index (χ0v) is 27.1. The van der Waals surface area contributed by atoms with Gasteiger partial charge in [-0.1, -0.05) is 48.5 Å². The van der Waals surface area contributed by atoms with Gasteiger partial charge in [0.2, 0.25) is 0 Å². The van der Waals surface area contributed by atoms with Gasteiger partial charge in [0.25, 0.3) is 0 Å². The summed E-state index contributed by atoms with van der Waals surface area (Å²) in [4.78, 5) is 13.5. The molecule has 6 aromatic rings. The molecule has 0 aliphatic heterocycles. The van der Waals surface area contributed by atoms with Gasteiger partial charge in [0, 0.05) is 40.3 Å². The van der Waals surface area contributed by atoms with E-state index >= 15 is 0 Å². The topological polar surface area (TPSA) is 77.5 Å². The highest BCUT2D eigenvalue weighted by atomic mass is 16.5. The van der Waals surface area contributed by atoms with E-state index in [-0.39, 0.29) is 5.56 Å². The number of hydrogen-bond donors (Lipinski definition) is 1. The lowest BCUT2D eigenvalue weighted by Crippen LogP contribution is -2.09. The summed E-state index contributed by atoms with van der Waals surface area (Å²) >= 11 is 0. The van der Waals surface area contributed by atoms with Crippen LogP contribution in [0.5, 0.6) is 23.0 Å². The fourth-order valence-corrected chi connectivity index (χ4v) is 5.71. The average Bonchev–Trinajstić information content (AvgIpc) is 3.15. The third-order valence-corrected chi connectivity index (χ3v) is 8.28. The first-order valence-electron chi connectivity index (χ1n) is 15.3. The first-order valence-corrected chi connectivity index (χ1v) is 15.3. The molecule has 0 aliphatic rings. The van der Waals surface area contributed by atoms with Crippen LogP contribution in [0.2, 0.25) is 0 Å². The van der Waals surface area contributed by atoms with Crippen molar-refractivity contribution >= 4 is 23.0 Å². The minimum absolute atomic E-state index is 0.257. The number of methoxy groups -OCH3 is 4. The molecular formula is C41H35NO6. The fraction of sp³-hybridized carbons (Fsp3) is 0.0976. The number of carboxylic acids is 1. The third kappa shape index (κ3) is 6.52. The van der Waals surface area contributed by atoms with E-state index in [1.54, 1.807) is 40.6 Å². The first-order chi connectivity index (χ1) is 23.4. The average molecular weight is 638 g/mol. The molecule has 6 aromatic carbocycles. The van der Waals surface area contributed by atoms with Crippen molar-refractivity contribution in [3.05, 3.63) is 139 Å². The van der Waals surface area contributed by atoms with Crippen LogP contribution in [0, 0.1) is 0 Å². The molecule has 0 spiro atoms. The molecule has 6 rings (SSSR count). The Morgan fingerprint density at radius 1 is 0.458 bits per heavy atom. The maximum absolute atomic E-state index is 11.3. The van der Waals surface area contributed by atoms with Crippen molar-refractivity contribution in [1.82, 2.24) is 0 Å². The predicted octanol–water partition coefficient (Wildman–Crippen LogP) is 9.89. The van der Waals surface area contributed by atoms with Crippen LogP contribution < -0.4 is 23.8 Å². The summed E-state index contributed by atoms with van der Waals surface area (Å²) in [5.41, 5.74) is 9.05. The fourth-order valence-electron chi connectivity index (χ4n) is 5.71. The predicted molar refractivity (Wildman–Crippen MR) is 191 cm³/mol. The molecule has 0 heterocycles. The summed E-state index contributed by atoms with van der Waals surface area (Å²) in [6.45, 7) is 0. The minimum atomic E-state index is -0.944. The number of ether oxygens (including phenoxy) is 4. The van der Waals surface area contributed by atoms with Gasteiger partial charge in [0.1, 0.15) is 23.0 Å². The molecule has 0 aliphatic carbocycles. The normalized spacial score (nSPS) is 10.7. The highest BCUT2D eigenvalue weighted by Crippen LogP contribution is 2.40. The Kier molecular flexibility index (Phi) is 9.30. The Labute approximate surface area is 280 Å². The quantitative estimate of drug-likeness (QED) is 0.152. The molecule has 0 fully saturated rings. The summed E-state index contributed by atoms with van der Waals surface area (Å²) in [6.07, 6.45) is 0. The van der Waals surface area contributed by atoms with Crippen molar-refractivity contribution in [2.45, 2.75) is 0 Å². The molecule has 0 atom stereocenters. The van der Waals surface area contributed by atoms with Crippen molar-refractivity contribution in [1.29, 1.82) is 0 Å². The minimum Gasteiger partial charge on any atom is -0.497 e. The summed E-state index contributed by atoms with van der Waals surface area (Å²) in [5, 5.41) is 9.29. The summed E-state index contributed by atoms with van der Waals surface area (Å²) in [5.74, 6) is 1.98. The molecular weight excluding hydrogens is 602 g/mol. The number of rotatable bonds is 11. The van der Waals surface area contributed by atoms with E-state index < -0.39 is 5.97 Å². The van der Waals surface area contributed by atoms with E-state index in [1.165, 1.54) is 0 Å². The standard InChI is InChI=1S/C41H35NO6/c1-45-35-21-23-37(39(25-35)47-3)29-11-17-33(18-12-29)42(32-15-9-28(10-16-32)27-5-7-31(8-6-27)41(43)44)34-19-13-30(14-20-34)38-24-22-36(46-2)26-40(38)48-4/h5-26H,1-4H3,(H,43,44). The van der Waals surface area contributed by atoms with Crippen molar-refractivity contribution in [3.63, 3.8) is 0 Å². The second-order valence-electron chi connectivity index (χ2n) is 11.0. The van der Waals surface area contributed by atoms with Crippen LogP contribution in [0.15, 0.2) is 133 Å². The molecule has 0 unspecified atom stereocenters. The molecule has 0 aromatic heterocycles. The molecule has 7 heteroatoms. The van der Waals surface area contributed by atoms with E-state index in [1.807, 2.05) is 60.7 Å². The van der Waals surface area contributed by atoms with Crippen molar-refractivity contribution in [2.75, 3.05) is 33.3 Å². The molecule has 48 heavy (non-hydrogen) atoms. The summed E-state index contributed by atoms with van der Waals surface area (Å²) < 4.78 is 22.1. The van der Waals surface area contributed by atoms with E-state index in [9.17, 15) is 9.90 Å². The van der Waals surface area contributed by atoms with Gasteiger partial charge >= 0.3 is 5.97 Å². The van der Waals surface area contributed by atoms with E-state index in [2.05, 4.69) is 65.6 Å². The van der Waals surface area contributed by atoms with Crippen LogP contribution in [0.25, 0.3) is 33.4 Å². The van der Waals surface area contributed by atoms with Gasteiger partial charge < -0.3 is 29.0 Å². The lowest BCUT2D eigenvalue weighted by atomic mass is 10.0. The molecule has 7 nitrogen and oxygen atoms in total. The monoisotopic (exact) mass is 637 g/mol. The van der Waals surface area contributed by atoms with Crippen LogP contribution in [-0.2, 0) is 0 Å². The van der Waals surface area contributed by atoms with Crippen molar-refractivity contribution in [2.24, 2.45) is 0 Å². The van der Waals surface area contributed by atoms with Crippen molar-refractivity contribution in [3.8, 4) is 56.4 Å². The lowest BCUT2D eigenvalue weighted by Gasteiger charge is -2.26. The highest BCUT2D eigenvalue weighted by Gasteiger charge is 2.16. The van der Waals surface area contributed by atoms with Crippen LogP contribution in [-0.4, -0.2) is 39.5 Å². The zero-order valence-electron chi connectivity index (χ0n) is 27.1. The summed E-state index contributed by atoms with van der Waals surface area (Å²) in [7, 11) is 6.59. The molecule has 0 amide bonds. The number of carbonyl (C=O) groups is 1. The zero-order chi connectivity index (χ0) is 33.6.